The first-order chi connectivity index (χ1) is 15.0. The van der Waals surface area contributed by atoms with Gasteiger partial charge in [0.25, 0.3) is 0 Å². The lowest BCUT2D eigenvalue weighted by Gasteiger charge is -2.15. The highest BCUT2D eigenvalue weighted by atomic mass is 35.5. The van der Waals surface area contributed by atoms with Gasteiger partial charge < -0.3 is 24.6 Å². The van der Waals surface area contributed by atoms with Crippen molar-refractivity contribution in [3.8, 4) is 22.8 Å². The molecule has 0 unspecified atom stereocenters. The second kappa shape index (κ2) is 10.9. The number of aliphatic hydroxyl groups excluding tert-OH is 1. The zero-order chi connectivity index (χ0) is 22.2. The quantitative estimate of drug-likeness (QED) is 0.453. The first-order valence-electron chi connectivity index (χ1n) is 9.51. The maximum absolute atomic E-state index is 14.3. The van der Waals surface area contributed by atoms with E-state index in [0.29, 0.717) is 40.1 Å². The van der Waals surface area contributed by atoms with Crippen LogP contribution in [0.2, 0.25) is 5.02 Å². The van der Waals surface area contributed by atoms with Crippen LogP contribution in [0.4, 0.5) is 10.1 Å². The minimum Gasteiger partial charge on any atom is -0.497 e. The summed E-state index contributed by atoms with van der Waals surface area (Å²) in [5.41, 5.74) is 2.59. The van der Waals surface area contributed by atoms with Crippen molar-refractivity contribution in [3.05, 3.63) is 64.6 Å². The van der Waals surface area contributed by atoms with Gasteiger partial charge in [0.1, 0.15) is 23.0 Å². The molecule has 0 spiro atoms. The summed E-state index contributed by atoms with van der Waals surface area (Å²) < 4.78 is 30.4. The molecule has 7 nitrogen and oxygen atoms in total. The number of aliphatic hydroxyl groups is 1. The third-order valence-electron chi connectivity index (χ3n) is 4.51. The van der Waals surface area contributed by atoms with Crippen LogP contribution in [0, 0.1) is 5.82 Å². The highest BCUT2D eigenvalue weighted by Gasteiger charge is 2.14. The van der Waals surface area contributed by atoms with Crippen LogP contribution in [-0.2, 0) is 17.9 Å². The molecule has 0 atom stereocenters. The van der Waals surface area contributed by atoms with Gasteiger partial charge in [-0.3, -0.25) is 0 Å². The van der Waals surface area contributed by atoms with E-state index in [4.69, 9.17) is 30.9 Å². The lowest BCUT2D eigenvalue weighted by Crippen LogP contribution is -2.09. The van der Waals surface area contributed by atoms with E-state index in [1.54, 1.807) is 26.4 Å². The largest absolute Gasteiger partial charge is 0.497 e. The van der Waals surface area contributed by atoms with Crippen molar-refractivity contribution in [1.82, 2.24) is 10.2 Å². The predicted molar refractivity (Wildman–Crippen MR) is 116 cm³/mol. The SMILES string of the molecule is COc1ccc(CNc2cc(-c3cc(Cl)ccc3F)nnc2COCCO)c(OC)c1. The van der Waals surface area contributed by atoms with Crippen LogP contribution in [0.3, 0.4) is 0 Å². The molecule has 1 heterocycles. The number of nitrogens with one attached hydrogen (secondary N) is 1. The Balaban J connectivity index is 1.91. The van der Waals surface area contributed by atoms with Gasteiger partial charge in [-0.15, -0.1) is 5.10 Å². The number of hydrogen-bond acceptors (Lipinski definition) is 7. The minimum absolute atomic E-state index is 0.106. The van der Waals surface area contributed by atoms with Crippen molar-refractivity contribution in [2.75, 3.05) is 32.8 Å². The van der Waals surface area contributed by atoms with Gasteiger partial charge in [0.15, 0.2) is 0 Å². The molecule has 0 aliphatic carbocycles. The van der Waals surface area contributed by atoms with Crippen LogP contribution in [0.1, 0.15) is 11.3 Å². The summed E-state index contributed by atoms with van der Waals surface area (Å²) in [5, 5.41) is 21.0. The summed E-state index contributed by atoms with van der Waals surface area (Å²) in [6, 6.07) is 11.5. The average molecular weight is 448 g/mol. The number of ether oxygens (including phenoxy) is 3. The smallest absolute Gasteiger partial charge is 0.132 e. The number of benzene rings is 2. The Morgan fingerprint density at radius 2 is 1.90 bits per heavy atom. The molecular formula is C22H23ClFN3O4. The normalized spacial score (nSPS) is 10.7. The Morgan fingerprint density at radius 1 is 1.06 bits per heavy atom. The van der Waals surface area contributed by atoms with E-state index in [9.17, 15) is 4.39 Å². The number of methoxy groups -OCH3 is 2. The summed E-state index contributed by atoms with van der Waals surface area (Å²) in [6.45, 7) is 0.598. The molecule has 3 rings (SSSR count). The summed E-state index contributed by atoms with van der Waals surface area (Å²) in [6.07, 6.45) is 0. The zero-order valence-electron chi connectivity index (χ0n) is 17.2. The van der Waals surface area contributed by atoms with Crippen molar-refractivity contribution >= 4 is 17.3 Å². The molecule has 0 aliphatic heterocycles. The highest BCUT2D eigenvalue weighted by molar-refractivity contribution is 6.30. The summed E-state index contributed by atoms with van der Waals surface area (Å²) >= 11 is 6.02. The molecule has 1 aromatic heterocycles. The van der Waals surface area contributed by atoms with Crippen molar-refractivity contribution in [2.45, 2.75) is 13.2 Å². The van der Waals surface area contributed by atoms with Crippen LogP contribution in [0.15, 0.2) is 42.5 Å². The number of aromatic nitrogens is 2. The molecule has 164 valence electrons. The molecule has 0 radical (unpaired) electrons. The number of rotatable bonds is 10. The average Bonchev–Trinajstić information content (AvgIpc) is 2.79. The van der Waals surface area contributed by atoms with Gasteiger partial charge in [-0.25, -0.2) is 4.39 Å². The maximum Gasteiger partial charge on any atom is 0.132 e. The monoisotopic (exact) mass is 447 g/mol. The van der Waals surface area contributed by atoms with E-state index in [1.165, 1.54) is 18.2 Å². The molecular weight excluding hydrogens is 425 g/mol. The molecule has 9 heteroatoms. The molecule has 2 aromatic carbocycles. The first kappa shape index (κ1) is 22.7. The number of nitrogens with zero attached hydrogens (tertiary/aromatic N) is 2. The third kappa shape index (κ3) is 5.81. The number of halogens is 2. The van der Waals surface area contributed by atoms with Crippen LogP contribution in [-0.4, -0.2) is 42.7 Å². The van der Waals surface area contributed by atoms with Crippen molar-refractivity contribution < 1.29 is 23.7 Å². The fourth-order valence-electron chi connectivity index (χ4n) is 2.92. The molecule has 0 aliphatic rings. The lowest BCUT2D eigenvalue weighted by atomic mass is 10.1. The first-order valence-corrected chi connectivity index (χ1v) is 9.89. The fourth-order valence-corrected chi connectivity index (χ4v) is 3.10. The third-order valence-corrected chi connectivity index (χ3v) is 4.75. The summed E-state index contributed by atoms with van der Waals surface area (Å²) in [4.78, 5) is 0. The Labute approximate surface area is 184 Å². The fraction of sp³-hybridized carbons (Fsp3) is 0.273. The van der Waals surface area contributed by atoms with E-state index in [2.05, 4.69) is 15.5 Å². The van der Waals surface area contributed by atoms with Crippen LogP contribution < -0.4 is 14.8 Å². The van der Waals surface area contributed by atoms with Crippen molar-refractivity contribution in [3.63, 3.8) is 0 Å². The Bertz CT molecular complexity index is 1040. The number of anilines is 1. The standard InChI is InChI=1S/C22H23ClFN3O4/c1-29-16-5-3-14(22(10-16)30-2)12-25-20-11-19(17-9-15(23)4-6-18(17)24)26-27-21(20)13-31-8-7-28/h3-6,9-11,28H,7-8,12-13H2,1-2H3,(H,25,26). The molecule has 0 saturated carbocycles. The van der Waals surface area contributed by atoms with Gasteiger partial charge in [0.2, 0.25) is 0 Å². The summed E-state index contributed by atoms with van der Waals surface area (Å²) in [5.74, 6) is 0.891. The predicted octanol–water partition coefficient (Wildman–Crippen LogP) is 4.07. The summed E-state index contributed by atoms with van der Waals surface area (Å²) in [7, 11) is 3.17. The topological polar surface area (TPSA) is 85.7 Å². The van der Waals surface area contributed by atoms with E-state index >= 15 is 0 Å². The molecule has 0 saturated heterocycles. The van der Waals surface area contributed by atoms with Gasteiger partial charge in [-0.2, -0.15) is 5.10 Å². The molecule has 3 aromatic rings. The molecule has 2 N–H and O–H groups in total. The van der Waals surface area contributed by atoms with Crippen LogP contribution >= 0.6 is 11.6 Å². The second-order valence-electron chi connectivity index (χ2n) is 6.52. The maximum atomic E-state index is 14.3. The second-order valence-corrected chi connectivity index (χ2v) is 6.96. The highest BCUT2D eigenvalue weighted by Crippen LogP contribution is 2.29. The Morgan fingerprint density at radius 3 is 2.65 bits per heavy atom. The van der Waals surface area contributed by atoms with Crippen molar-refractivity contribution in [1.29, 1.82) is 0 Å². The molecule has 0 fully saturated rings. The van der Waals surface area contributed by atoms with Gasteiger partial charge in [0, 0.05) is 28.8 Å². The van der Waals surface area contributed by atoms with Crippen LogP contribution in [0.25, 0.3) is 11.3 Å². The van der Waals surface area contributed by atoms with Crippen molar-refractivity contribution in [2.24, 2.45) is 0 Å². The lowest BCUT2D eigenvalue weighted by molar-refractivity contribution is 0.0796. The minimum atomic E-state index is -0.453. The van der Waals surface area contributed by atoms with Gasteiger partial charge in [0.05, 0.1) is 45.4 Å². The van der Waals surface area contributed by atoms with Gasteiger partial charge in [-0.1, -0.05) is 11.6 Å². The van der Waals surface area contributed by atoms with E-state index < -0.39 is 5.82 Å². The Kier molecular flexibility index (Phi) is 8.00. The molecule has 31 heavy (non-hydrogen) atoms. The van der Waals surface area contributed by atoms with E-state index in [1.807, 2.05) is 12.1 Å². The van der Waals surface area contributed by atoms with Crippen LogP contribution in [0.5, 0.6) is 11.5 Å². The van der Waals surface area contributed by atoms with E-state index in [0.717, 1.165) is 5.56 Å². The Hall–Kier alpha value is -2.94. The van der Waals surface area contributed by atoms with Gasteiger partial charge >= 0.3 is 0 Å². The van der Waals surface area contributed by atoms with E-state index in [-0.39, 0.29) is 25.4 Å². The van der Waals surface area contributed by atoms with Gasteiger partial charge in [-0.05, 0) is 36.4 Å². The molecule has 0 bridgehead atoms. The number of hydrogen-bond donors (Lipinski definition) is 2. The molecule has 0 amide bonds. The zero-order valence-corrected chi connectivity index (χ0v) is 17.9.